The van der Waals surface area contributed by atoms with Crippen molar-refractivity contribution in [3.05, 3.63) is 42.5 Å². The van der Waals surface area contributed by atoms with Crippen LogP contribution >= 0.6 is 0 Å². The Morgan fingerprint density at radius 2 is 0.745 bits per heavy atom. The first kappa shape index (κ1) is 50.8. The molecule has 55 heavy (non-hydrogen) atoms. The van der Waals surface area contributed by atoms with Crippen LogP contribution in [0.5, 0.6) is 5.75 Å². The van der Waals surface area contributed by atoms with Crippen LogP contribution in [0.4, 0.5) is 0 Å². The van der Waals surface area contributed by atoms with E-state index in [2.05, 4.69) is 25.6 Å². The summed E-state index contributed by atoms with van der Waals surface area (Å²) in [4.78, 5) is 10.9. The summed E-state index contributed by atoms with van der Waals surface area (Å²) >= 11 is 0. The molecule has 0 fully saturated rings. The topological polar surface area (TPSA) is 137 Å². The van der Waals surface area contributed by atoms with Gasteiger partial charge in [-0.25, -0.2) is 4.79 Å². The number of unbranched alkanes of at least 4 members (excludes halogenated alkanes) is 5. The van der Waals surface area contributed by atoms with Gasteiger partial charge in [0.05, 0.1) is 145 Å². The molecule has 0 aliphatic heterocycles. The number of ether oxygens (including phenoxy) is 13. The van der Waals surface area contributed by atoms with E-state index in [0.29, 0.717) is 152 Å². The van der Waals surface area contributed by atoms with E-state index in [4.69, 9.17) is 61.6 Å². The second-order valence-corrected chi connectivity index (χ2v) is 12.1. The van der Waals surface area contributed by atoms with Crippen LogP contribution in [0.1, 0.15) is 51.0 Å². The molecule has 1 aromatic rings. The molecule has 0 aliphatic carbocycles. The van der Waals surface area contributed by atoms with Gasteiger partial charge in [-0.3, -0.25) is 0 Å². The first-order valence-electron chi connectivity index (χ1n) is 20.1. The largest absolute Gasteiger partial charge is 0.491 e. The van der Waals surface area contributed by atoms with Crippen molar-refractivity contribution in [3.63, 3.8) is 0 Å². The van der Waals surface area contributed by atoms with E-state index in [1.54, 1.807) is 0 Å². The van der Waals surface area contributed by atoms with Crippen molar-refractivity contribution < 1.29 is 66.4 Å². The predicted molar refractivity (Wildman–Crippen MR) is 209 cm³/mol. The first-order chi connectivity index (χ1) is 27.3. The summed E-state index contributed by atoms with van der Waals surface area (Å²) in [6.07, 6.45) is 10.2. The number of rotatable bonds is 45. The zero-order chi connectivity index (χ0) is 39.4. The molecule has 0 spiro atoms. The molecule has 0 heterocycles. The van der Waals surface area contributed by atoms with Gasteiger partial charge < -0.3 is 61.6 Å². The standard InChI is InChI=1S/C41H72O14/c1-3-5-6-7-8-9-10-39-11-13-40(14-12-39)54-37-35-52-33-31-50-29-27-48-25-23-46-21-19-44-17-15-43-16-18-45-20-22-47-24-26-49-28-30-51-32-34-53-36-38-55-41(42)4-2/h4,11-14H,2-3,5-10,15-38H2,1H3. The minimum absolute atomic E-state index is 0.197. The lowest BCUT2D eigenvalue weighted by molar-refractivity contribution is -0.139. The van der Waals surface area contributed by atoms with Crippen molar-refractivity contribution >= 4 is 5.97 Å². The van der Waals surface area contributed by atoms with Gasteiger partial charge in [0.1, 0.15) is 19.0 Å². The zero-order valence-electron chi connectivity index (χ0n) is 33.7. The number of hydrogen-bond donors (Lipinski definition) is 0. The summed E-state index contributed by atoms with van der Waals surface area (Å²) in [7, 11) is 0. The Morgan fingerprint density at radius 3 is 1.09 bits per heavy atom. The number of esters is 1. The number of carbonyl (C=O) groups is 1. The fourth-order valence-corrected chi connectivity index (χ4v) is 4.64. The Labute approximate surface area is 330 Å². The van der Waals surface area contributed by atoms with Crippen molar-refractivity contribution in [2.45, 2.75) is 51.9 Å². The third kappa shape index (κ3) is 38.4. The molecule has 0 aliphatic rings. The lowest BCUT2D eigenvalue weighted by atomic mass is 10.0. The monoisotopic (exact) mass is 788 g/mol. The minimum Gasteiger partial charge on any atom is -0.491 e. The van der Waals surface area contributed by atoms with Crippen LogP contribution in [0.3, 0.4) is 0 Å². The van der Waals surface area contributed by atoms with E-state index in [1.807, 2.05) is 12.1 Å². The fraction of sp³-hybridized carbons (Fsp3) is 0.780. The lowest BCUT2D eigenvalue weighted by Gasteiger charge is -2.09. The molecule has 1 rings (SSSR count). The van der Waals surface area contributed by atoms with Crippen molar-refractivity contribution in [2.75, 3.05) is 159 Å². The molecule has 14 nitrogen and oxygen atoms in total. The molecule has 320 valence electrons. The van der Waals surface area contributed by atoms with Crippen LogP contribution in [0.2, 0.25) is 0 Å². The van der Waals surface area contributed by atoms with Crippen LogP contribution in [0.25, 0.3) is 0 Å². The summed E-state index contributed by atoms with van der Waals surface area (Å²) in [5, 5.41) is 0. The lowest BCUT2D eigenvalue weighted by Crippen LogP contribution is -2.15. The SMILES string of the molecule is C=CC(=O)OCCOCCOCCOCCOCCOCCOCCOCCOCCOCCOCCOCCOc1ccc(CCCCCCCC)cc1. The third-order valence-corrected chi connectivity index (χ3v) is 7.60. The van der Waals surface area contributed by atoms with E-state index >= 15 is 0 Å². The van der Waals surface area contributed by atoms with Crippen LogP contribution in [-0.4, -0.2) is 165 Å². The Hall–Kier alpha value is -2.21. The maximum Gasteiger partial charge on any atom is 0.330 e. The molecular formula is C41H72O14. The van der Waals surface area contributed by atoms with Crippen LogP contribution in [0, 0.1) is 0 Å². The summed E-state index contributed by atoms with van der Waals surface area (Å²) in [6, 6.07) is 8.42. The molecule has 0 saturated carbocycles. The van der Waals surface area contributed by atoms with Gasteiger partial charge in [0, 0.05) is 6.08 Å². The van der Waals surface area contributed by atoms with E-state index < -0.39 is 5.97 Å². The van der Waals surface area contributed by atoms with Gasteiger partial charge in [0.2, 0.25) is 0 Å². The van der Waals surface area contributed by atoms with Crippen LogP contribution < -0.4 is 4.74 Å². The normalized spacial score (nSPS) is 11.3. The van der Waals surface area contributed by atoms with E-state index in [9.17, 15) is 4.79 Å². The van der Waals surface area contributed by atoms with Gasteiger partial charge in [-0.15, -0.1) is 0 Å². The van der Waals surface area contributed by atoms with Gasteiger partial charge in [-0.1, -0.05) is 57.7 Å². The molecule has 0 saturated heterocycles. The van der Waals surface area contributed by atoms with Gasteiger partial charge in [0.15, 0.2) is 0 Å². The minimum atomic E-state index is -0.459. The van der Waals surface area contributed by atoms with E-state index in [0.717, 1.165) is 18.2 Å². The number of carbonyl (C=O) groups excluding carboxylic acids is 1. The van der Waals surface area contributed by atoms with Crippen molar-refractivity contribution in [3.8, 4) is 5.75 Å². The highest BCUT2D eigenvalue weighted by Crippen LogP contribution is 2.15. The van der Waals surface area contributed by atoms with E-state index in [1.165, 1.54) is 44.1 Å². The summed E-state index contributed by atoms with van der Waals surface area (Å²) in [5.74, 6) is 0.421. The Kier molecular flexibility index (Phi) is 39.7. The van der Waals surface area contributed by atoms with Gasteiger partial charge in [-0.2, -0.15) is 0 Å². The maximum atomic E-state index is 10.9. The van der Waals surface area contributed by atoms with Crippen LogP contribution in [0.15, 0.2) is 36.9 Å². The maximum absolute atomic E-state index is 10.9. The zero-order valence-corrected chi connectivity index (χ0v) is 33.7. The van der Waals surface area contributed by atoms with Crippen molar-refractivity contribution in [1.29, 1.82) is 0 Å². The van der Waals surface area contributed by atoms with Gasteiger partial charge >= 0.3 is 5.97 Å². The van der Waals surface area contributed by atoms with Crippen molar-refractivity contribution in [1.82, 2.24) is 0 Å². The highest BCUT2D eigenvalue weighted by atomic mass is 16.6. The second-order valence-electron chi connectivity index (χ2n) is 12.1. The summed E-state index contributed by atoms with van der Waals surface area (Å²) in [6.45, 7) is 17.0. The average Bonchev–Trinajstić information content (AvgIpc) is 3.20. The second kappa shape index (κ2) is 42.9. The quantitative estimate of drug-likeness (QED) is 0.0505. The third-order valence-electron chi connectivity index (χ3n) is 7.60. The fourth-order valence-electron chi connectivity index (χ4n) is 4.64. The predicted octanol–water partition coefficient (Wildman–Crippen LogP) is 4.88. The highest BCUT2D eigenvalue weighted by Gasteiger charge is 2.00. The van der Waals surface area contributed by atoms with Crippen LogP contribution in [-0.2, 0) is 68.1 Å². The average molecular weight is 789 g/mol. The molecule has 0 N–H and O–H groups in total. The highest BCUT2D eigenvalue weighted by molar-refractivity contribution is 5.81. The van der Waals surface area contributed by atoms with E-state index in [-0.39, 0.29) is 6.61 Å². The number of hydrogen-bond acceptors (Lipinski definition) is 14. The first-order valence-corrected chi connectivity index (χ1v) is 20.1. The number of aryl methyl sites for hydroxylation is 1. The molecule has 0 radical (unpaired) electrons. The van der Waals surface area contributed by atoms with Crippen molar-refractivity contribution in [2.24, 2.45) is 0 Å². The number of benzene rings is 1. The van der Waals surface area contributed by atoms with Gasteiger partial charge in [-0.05, 0) is 30.5 Å². The molecule has 0 unspecified atom stereocenters. The molecule has 0 atom stereocenters. The Balaban J connectivity index is 1.67. The molecular weight excluding hydrogens is 716 g/mol. The molecule has 14 heteroatoms. The molecule has 1 aromatic carbocycles. The molecule has 0 amide bonds. The summed E-state index contributed by atoms with van der Waals surface area (Å²) < 4.78 is 70.8. The molecule has 0 aromatic heterocycles. The smallest absolute Gasteiger partial charge is 0.330 e. The Bertz CT molecular complexity index is 936. The molecule has 0 bridgehead atoms. The Morgan fingerprint density at radius 1 is 0.436 bits per heavy atom. The summed E-state index contributed by atoms with van der Waals surface area (Å²) in [5.41, 5.74) is 1.37. The van der Waals surface area contributed by atoms with Gasteiger partial charge in [0.25, 0.3) is 0 Å².